The zero-order valence-corrected chi connectivity index (χ0v) is 16.4. The molecule has 1 amide bonds. The van der Waals surface area contributed by atoms with Crippen molar-refractivity contribution < 1.29 is 14.3 Å². The largest absolute Gasteiger partial charge is 0.493 e. The van der Waals surface area contributed by atoms with Crippen molar-refractivity contribution in [3.8, 4) is 11.5 Å². The molecule has 0 bridgehead atoms. The Kier molecular flexibility index (Phi) is 6.35. The first-order valence-corrected chi connectivity index (χ1v) is 9.38. The van der Waals surface area contributed by atoms with Crippen molar-refractivity contribution in [3.05, 3.63) is 58.7 Å². The van der Waals surface area contributed by atoms with Gasteiger partial charge in [-0.15, -0.1) is 0 Å². The third kappa shape index (κ3) is 4.80. The van der Waals surface area contributed by atoms with Crippen LogP contribution in [-0.4, -0.2) is 44.7 Å². The lowest BCUT2D eigenvalue weighted by molar-refractivity contribution is -0.122. The Balaban J connectivity index is 1.52. The third-order valence-corrected chi connectivity index (χ3v) is 5.14. The molecule has 3 rings (SSSR count). The van der Waals surface area contributed by atoms with Gasteiger partial charge in [0.15, 0.2) is 11.5 Å². The van der Waals surface area contributed by atoms with Gasteiger partial charge in [-0.2, -0.15) is 0 Å². The molecule has 1 aliphatic heterocycles. The van der Waals surface area contributed by atoms with Crippen LogP contribution in [0.5, 0.6) is 11.5 Å². The summed E-state index contributed by atoms with van der Waals surface area (Å²) >= 11 is 0. The zero-order valence-electron chi connectivity index (χ0n) is 16.4. The topological polar surface area (TPSA) is 50.8 Å². The van der Waals surface area contributed by atoms with Crippen LogP contribution in [-0.2, 0) is 24.2 Å². The summed E-state index contributed by atoms with van der Waals surface area (Å²) in [6, 6.07) is 12.4. The van der Waals surface area contributed by atoms with E-state index in [4.69, 9.17) is 9.47 Å². The van der Waals surface area contributed by atoms with E-state index in [9.17, 15) is 4.79 Å². The van der Waals surface area contributed by atoms with Gasteiger partial charge in [0.2, 0.25) is 5.91 Å². The maximum absolute atomic E-state index is 12.3. The molecule has 2 aromatic rings. The average Bonchev–Trinajstić information content (AvgIpc) is 2.68. The van der Waals surface area contributed by atoms with Gasteiger partial charge in [-0.3, -0.25) is 9.69 Å². The number of fused-ring (bicyclic) bond motifs is 1. The summed E-state index contributed by atoms with van der Waals surface area (Å²) in [7, 11) is 3.30. The Morgan fingerprint density at radius 3 is 2.52 bits per heavy atom. The van der Waals surface area contributed by atoms with Crippen LogP contribution in [0.15, 0.2) is 36.4 Å². The second-order valence-corrected chi connectivity index (χ2v) is 6.96. The lowest BCUT2D eigenvalue weighted by Gasteiger charge is -2.29. The van der Waals surface area contributed by atoms with Gasteiger partial charge in [0.25, 0.3) is 0 Å². The minimum atomic E-state index is 0.0764. The molecule has 0 spiro atoms. The highest BCUT2D eigenvalue weighted by Crippen LogP contribution is 2.33. The molecule has 2 aromatic carbocycles. The first kappa shape index (κ1) is 19.2. The van der Waals surface area contributed by atoms with Crippen LogP contribution < -0.4 is 14.8 Å². The Morgan fingerprint density at radius 2 is 1.81 bits per heavy atom. The number of methoxy groups -OCH3 is 2. The summed E-state index contributed by atoms with van der Waals surface area (Å²) in [4.78, 5) is 14.5. The normalized spacial score (nSPS) is 13.7. The summed E-state index contributed by atoms with van der Waals surface area (Å²) in [5.74, 6) is 1.58. The highest BCUT2D eigenvalue weighted by atomic mass is 16.5. The predicted molar refractivity (Wildman–Crippen MR) is 106 cm³/mol. The average molecular weight is 368 g/mol. The SMILES string of the molecule is COc1cc2c(cc1OC)CN(CC(=O)NCCc1ccccc1C)CC2. The molecule has 0 unspecified atom stereocenters. The number of amides is 1. The number of aryl methyl sites for hydroxylation is 1. The number of carbonyl (C=O) groups excluding carboxylic acids is 1. The van der Waals surface area contributed by atoms with E-state index >= 15 is 0 Å². The minimum Gasteiger partial charge on any atom is -0.493 e. The fraction of sp³-hybridized carbons (Fsp3) is 0.409. The number of carbonyl (C=O) groups is 1. The van der Waals surface area contributed by atoms with Crippen LogP contribution in [0.25, 0.3) is 0 Å². The highest BCUT2D eigenvalue weighted by molar-refractivity contribution is 5.78. The highest BCUT2D eigenvalue weighted by Gasteiger charge is 2.21. The number of ether oxygens (including phenoxy) is 2. The number of rotatable bonds is 7. The smallest absolute Gasteiger partial charge is 0.234 e. The second kappa shape index (κ2) is 8.91. The maximum atomic E-state index is 12.3. The van der Waals surface area contributed by atoms with E-state index in [0.29, 0.717) is 13.1 Å². The van der Waals surface area contributed by atoms with Crippen molar-refractivity contribution in [2.45, 2.75) is 26.3 Å². The van der Waals surface area contributed by atoms with Gasteiger partial charge in [0.05, 0.1) is 20.8 Å². The molecule has 1 heterocycles. The Morgan fingerprint density at radius 1 is 1.11 bits per heavy atom. The van der Waals surface area contributed by atoms with Gasteiger partial charge in [-0.05, 0) is 54.2 Å². The number of nitrogens with one attached hydrogen (secondary N) is 1. The van der Waals surface area contributed by atoms with Crippen molar-refractivity contribution in [2.24, 2.45) is 0 Å². The van der Waals surface area contributed by atoms with E-state index in [1.807, 2.05) is 24.3 Å². The third-order valence-electron chi connectivity index (χ3n) is 5.14. The molecule has 0 aromatic heterocycles. The summed E-state index contributed by atoms with van der Waals surface area (Å²) in [6.07, 6.45) is 1.77. The van der Waals surface area contributed by atoms with Crippen LogP contribution >= 0.6 is 0 Å². The molecule has 27 heavy (non-hydrogen) atoms. The van der Waals surface area contributed by atoms with Crippen LogP contribution in [0, 0.1) is 6.92 Å². The quantitative estimate of drug-likeness (QED) is 0.816. The number of hydrogen-bond acceptors (Lipinski definition) is 4. The molecule has 0 aliphatic carbocycles. The number of benzene rings is 2. The fourth-order valence-corrected chi connectivity index (χ4v) is 3.56. The van der Waals surface area contributed by atoms with E-state index in [0.717, 1.165) is 37.4 Å². The van der Waals surface area contributed by atoms with E-state index in [-0.39, 0.29) is 5.91 Å². The summed E-state index contributed by atoms with van der Waals surface area (Å²) in [5, 5.41) is 3.05. The van der Waals surface area contributed by atoms with E-state index in [1.165, 1.54) is 22.3 Å². The van der Waals surface area contributed by atoms with Crippen molar-refractivity contribution in [3.63, 3.8) is 0 Å². The molecule has 144 valence electrons. The summed E-state index contributed by atoms with van der Waals surface area (Å²) < 4.78 is 10.8. The zero-order chi connectivity index (χ0) is 19.2. The van der Waals surface area contributed by atoms with Crippen molar-refractivity contribution in [1.82, 2.24) is 10.2 Å². The fourth-order valence-electron chi connectivity index (χ4n) is 3.56. The molecular formula is C22H28N2O3. The van der Waals surface area contributed by atoms with Crippen molar-refractivity contribution in [2.75, 3.05) is 33.9 Å². The number of hydrogen-bond donors (Lipinski definition) is 1. The van der Waals surface area contributed by atoms with Gasteiger partial charge >= 0.3 is 0 Å². The predicted octanol–water partition coefficient (Wildman–Crippen LogP) is 2.73. The van der Waals surface area contributed by atoms with E-state index in [2.05, 4.69) is 29.3 Å². The monoisotopic (exact) mass is 368 g/mol. The standard InChI is InChI=1S/C22H28N2O3/c1-16-6-4-5-7-17(16)8-10-23-22(25)15-24-11-9-18-12-20(26-2)21(27-3)13-19(18)14-24/h4-7,12-13H,8-11,14-15H2,1-3H3,(H,23,25). The minimum absolute atomic E-state index is 0.0764. The van der Waals surface area contributed by atoms with Crippen LogP contribution in [0.1, 0.15) is 22.3 Å². The van der Waals surface area contributed by atoms with Crippen LogP contribution in [0.2, 0.25) is 0 Å². The summed E-state index contributed by atoms with van der Waals surface area (Å²) in [5.41, 5.74) is 5.02. The lowest BCUT2D eigenvalue weighted by Crippen LogP contribution is -2.40. The van der Waals surface area contributed by atoms with Gasteiger partial charge < -0.3 is 14.8 Å². The van der Waals surface area contributed by atoms with Crippen molar-refractivity contribution in [1.29, 1.82) is 0 Å². The summed E-state index contributed by atoms with van der Waals surface area (Å²) in [6.45, 7) is 4.81. The second-order valence-electron chi connectivity index (χ2n) is 6.96. The van der Waals surface area contributed by atoms with E-state index < -0.39 is 0 Å². The van der Waals surface area contributed by atoms with Gasteiger partial charge in [-0.1, -0.05) is 24.3 Å². The van der Waals surface area contributed by atoms with Crippen molar-refractivity contribution >= 4 is 5.91 Å². The first-order chi connectivity index (χ1) is 13.1. The molecule has 0 fully saturated rings. The van der Waals surface area contributed by atoms with E-state index in [1.54, 1.807) is 14.2 Å². The molecule has 0 saturated carbocycles. The molecule has 1 N–H and O–H groups in total. The molecule has 5 heteroatoms. The molecular weight excluding hydrogens is 340 g/mol. The molecule has 0 saturated heterocycles. The van der Waals surface area contributed by atoms with Crippen LogP contribution in [0.3, 0.4) is 0 Å². The Hall–Kier alpha value is -2.53. The lowest BCUT2D eigenvalue weighted by atomic mass is 9.99. The van der Waals surface area contributed by atoms with Crippen LogP contribution in [0.4, 0.5) is 0 Å². The Labute approximate surface area is 161 Å². The van der Waals surface area contributed by atoms with Gasteiger partial charge in [0.1, 0.15) is 0 Å². The van der Waals surface area contributed by atoms with Gasteiger partial charge in [-0.25, -0.2) is 0 Å². The first-order valence-electron chi connectivity index (χ1n) is 9.38. The molecule has 0 atom stereocenters. The van der Waals surface area contributed by atoms with Gasteiger partial charge in [0, 0.05) is 19.6 Å². The molecule has 0 radical (unpaired) electrons. The number of nitrogens with zero attached hydrogens (tertiary/aromatic N) is 1. The molecule has 1 aliphatic rings. The maximum Gasteiger partial charge on any atom is 0.234 e. The molecule has 5 nitrogen and oxygen atoms in total. The Bertz CT molecular complexity index is 804.